The van der Waals surface area contributed by atoms with E-state index in [0.29, 0.717) is 35.4 Å². The summed E-state index contributed by atoms with van der Waals surface area (Å²) in [5.41, 5.74) is 4.23. The summed E-state index contributed by atoms with van der Waals surface area (Å²) in [4.78, 5) is 13.3. The van der Waals surface area contributed by atoms with Gasteiger partial charge in [-0.2, -0.15) is 0 Å². The Morgan fingerprint density at radius 2 is 1.74 bits per heavy atom. The molecule has 0 saturated heterocycles. The van der Waals surface area contributed by atoms with E-state index >= 15 is 0 Å². The Morgan fingerprint density at radius 1 is 0.839 bits per heavy atom. The van der Waals surface area contributed by atoms with Crippen molar-refractivity contribution >= 4 is 11.0 Å². The number of methoxy groups -OCH3 is 3. The molecule has 0 aliphatic rings. The molecule has 0 saturated carbocycles. The van der Waals surface area contributed by atoms with Crippen molar-refractivity contribution < 1.29 is 18.9 Å². The topological polar surface area (TPSA) is 101 Å². The van der Waals surface area contributed by atoms with Crippen LogP contribution in [-0.2, 0) is 13.0 Å². The number of rotatable bonds is 8. The summed E-state index contributed by atoms with van der Waals surface area (Å²) >= 11 is 0. The first-order valence-electron chi connectivity index (χ1n) is 9.50. The molecule has 0 fully saturated rings. The zero-order valence-corrected chi connectivity index (χ0v) is 17.4. The van der Waals surface area contributed by atoms with Crippen LogP contribution in [0.1, 0.15) is 16.8 Å². The molecular weight excluding hydrogens is 398 g/mol. The molecule has 4 rings (SSSR count). The molecule has 9 nitrogen and oxygen atoms in total. The fourth-order valence-electron chi connectivity index (χ4n) is 3.04. The van der Waals surface area contributed by atoms with Gasteiger partial charge in [0.2, 0.25) is 5.88 Å². The van der Waals surface area contributed by atoms with Gasteiger partial charge in [-0.15, -0.1) is 10.2 Å². The Morgan fingerprint density at radius 3 is 2.48 bits per heavy atom. The Balaban J connectivity index is 1.52. The lowest BCUT2D eigenvalue weighted by atomic mass is 10.1. The third kappa shape index (κ3) is 4.61. The predicted octanol–water partition coefficient (Wildman–Crippen LogP) is 3.01. The van der Waals surface area contributed by atoms with Crippen molar-refractivity contribution in [2.45, 2.75) is 13.0 Å². The number of hydrogen-bond donors (Lipinski definition) is 0. The van der Waals surface area contributed by atoms with Crippen molar-refractivity contribution in [2.75, 3.05) is 21.3 Å². The molecular formula is C22H21N5O4. The van der Waals surface area contributed by atoms with E-state index in [1.165, 1.54) is 7.11 Å². The molecule has 0 aliphatic carbocycles. The molecule has 0 N–H and O–H groups in total. The highest BCUT2D eigenvalue weighted by Gasteiger charge is 2.12. The molecule has 4 aromatic heterocycles. The number of fused-ring (bicyclic) bond motifs is 1. The maximum atomic E-state index is 5.77. The van der Waals surface area contributed by atoms with Crippen LogP contribution in [0.2, 0.25) is 0 Å². The molecule has 0 atom stereocenters. The average Bonchev–Trinajstić information content (AvgIpc) is 2.83. The normalized spacial score (nSPS) is 10.7. The van der Waals surface area contributed by atoms with Crippen LogP contribution < -0.4 is 18.9 Å². The summed E-state index contributed by atoms with van der Waals surface area (Å²) < 4.78 is 21.5. The van der Waals surface area contributed by atoms with Crippen molar-refractivity contribution in [2.24, 2.45) is 0 Å². The first-order chi connectivity index (χ1) is 15.2. The van der Waals surface area contributed by atoms with Gasteiger partial charge in [0.1, 0.15) is 18.1 Å². The first kappa shape index (κ1) is 20.3. The molecule has 0 aromatic carbocycles. The fourth-order valence-corrected chi connectivity index (χ4v) is 3.04. The van der Waals surface area contributed by atoms with Crippen LogP contribution in [-0.4, -0.2) is 46.5 Å². The molecule has 4 heterocycles. The maximum absolute atomic E-state index is 5.77. The van der Waals surface area contributed by atoms with Crippen LogP contribution in [0, 0.1) is 0 Å². The standard InChI is InChI=1S/C22H21N5O4/c1-28-17-10-18-21(24-12-17)15(6-7-23-18)8-14-9-19(29-2)22(25-11-14)31-13-16-4-5-20(30-3)27-26-16/h4-7,9-12H,8,13H2,1-3H3. The largest absolute Gasteiger partial charge is 0.495 e. The van der Waals surface area contributed by atoms with Crippen LogP contribution in [0.3, 0.4) is 0 Å². The van der Waals surface area contributed by atoms with E-state index in [2.05, 4.69) is 25.1 Å². The summed E-state index contributed by atoms with van der Waals surface area (Å²) in [5.74, 6) is 2.03. The lowest BCUT2D eigenvalue weighted by Crippen LogP contribution is -2.04. The van der Waals surface area contributed by atoms with Gasteiger partial charge in [0.25, 0.3) is 5.88 Å². The second-order valence-electron chi connectivity index (χ2n) is 6.60. The number of pyridine rings is 3. The van der Waals surface area contributed by atoms with Gasteiger partial charge in [-0.25, -0.2) is 4.98 Å². The minimum atomic E-state index is 0.209. The van der Waals surface area contributed by atoms with Crippen molar-refractivity contribution in [1.29, 1.82) is 0 Å². The van der Waals surface area contributed by atoms with Crippen LogP contribution in [0.25, 0.3) is 11.0 Å². The van der Waals surface area contributed by atoms with Crippen LogP contribution in [0.15, 0.2) is 48.9 Å². The van der Waals surface area contributed by atoms with Gasteiger partial charge in [0.15, 0.2) is 5.75 Å². The second-order valence-corrected chi connectivity index (χ2v) is 6.60. The number of hydrogen-bond acceptors (Lipinski definition) is 9. The van der Waals surface area contributed by atoms with Crippen LogP contribution in [0.4, 0.5) is 0 Å². The number of ether oxygens (including phenoxy) is 4. The molecule has 0 spiro atoms. The summed E-state index contributed by atoms with van der Waals surface area (Å²) in [6, 6.07) is 9.22. The van der Waals surface area contributed by atoms with Crippen molar-refractivity contribution in [3.63, 3.8) is 0 Å². The van der Waals surface area contributed by atoms with Gasteiger partial charge >= 0.3 is 0 Å². The number of aromatic nitrogens is 5. The van der Waals surface area contributed by atoms with Crippen LogP contribution in [0.5, 0.6) is 23.3 Å². The predicted molar refractivity (Wildman–Crippen MR) is 113 cm³/mol. The Hall–Kier alpha value is -4.01. The van der Waals surface area contributed by atoms with Crippen molar-refractivity contribution in [3.05, 3.63) is 65.7 Å². The lowest BCUT2D eigenvalue weighted by Gasteiger charge is -2.11. The van der Waals surface area contributed by atoms with E-state index in [0.717, 1.165) is 22.2 Å². The molecule has 9 heteroatoms. The molecule has 0 aliphatic heterocycles. The molecule has 0 amide bonds. The van der Waals surface area contributed by atoms with Crippen LogP contribution >= 0.6 is 0 Å². The van der Waals surface area contributed by atoms with E-state index in [1.807, 2.05) is 18.2 Å². The highest BCUT2D eigenvalue weighted by atomic mass is 16.5. The number of nitrogens with zero attached hydrogens (tertiary/aromatic N) is 5. The van der Waals surface area contributed by atoms with Gasteiger partial charge < -0.3 is 18.9 Å². The average molecular weight is 419 g/mol. The quantitative estimate of drug-likeness (QED) is 0.426. The minimum Gasteiger partial charge on any atom is -0.495 e. The third-order valence-corrected chi connectivity index (χ3v) is 4.62. The second kappa shape index (κ2) is 9.21. The molecule has 31 heavy (non-hydrogen) atoms. The van der Waals surface area contributed by atoms with Crippen molar-refractivity contribution in [3.8, 4) is 23.3 Å². The van der Waals surface area contributed by atoms with Gasteiger partial charge in [-0.3, -0.25) is 9.97 Å². The Labute approximate surface area is 179 Å². The highest BCUT2D eigenvalue weighted by molar-refractivity contribution is 5.79. The summed E-state index contributed by atoms with van der Waals surface area (Å²) in [7, 11) is 4.73. The third-order valence-electron chi connectivity index (χ3n) is 4.62. The summed E-state index contributed by atoms with van der Waals surface area (Å²) in [6.45, 7) is 0.209. The molecule has 0 bridgehead atoms. The molecule has 0 unspecified atom stereocenters. The van der Waals surface area contributed by atoms with Crippen molar-refractivity contribution in [1.82, 2.24) is 25.1 Å². The zero-order chi connectivity index (χ0) is 21.6. The van der Waals surface area contributed by atoms with Gasteiger partial charge in [-0.05, 0) is 29.3 Å². The summed E-state index contributed by atoms with van der Waals surface area (Å²) in [5, 5.41) is 7.97. The Kier molecular flexibility index (Phi) is 6.02. The lowest BCUT2D eigenvalue weighted by molar-refractivity contribution is 0.266. The SMILES string of the molecule is COc1cnc2c(Cc3cnc(OCc4ccc(OC)nn4)c(OC)c3)ccnc2c1. The maximum Gasteiger partial charge on any atom is 0.257 e. The molecule has 4 aromatic rings. The monoisotopic (exact) mass is 419 g/mol. The minimum absolute atomic E-state index is 0.209. The molecule has 158 valence electrons. The zero-order valence-electron chi connectivity index (χ0n) is 17.4. The van der Waals surface area contributed by atoms with Gasteiger partial charge in [0.05, 0.1) is 38.6 Å². The van der Waals surface area contributed by atoms with E-state index in [-0.39, 0.29) is 6.61 Å². The fraction of sp³-hybridized carbons (Fsp3) is 0.227. The smallest absolute Gasteiger partial charge is 0.257 e. The molecule has 0 radical (unpaired) electrons. The summed E-state index contributed by atoms with van der Waals surface area (Å²) in [6.07, 6.45) is 5.82. The van der Waals surface area contributed by atoms with Gasteiger partial charge in [-0.1, -0.05) is 0 Å². The van der Waals surface area contributed by atoms with E-state index in [9.17, 15) is 0 Å². The van der Waals surface area contributed by atoms with Gasteiger partial charge in [0, 0.05) is 30.9 Å². The van der Waals surface area contributed by atoms with E-state index in [1.54, 1.807) is 44.9 Å². The van der Waals surface area contributed by atoms with E-state index < -0.39 is 0 Å². The highest BCUT2D eigenvalue weighted by Crippen LogP contribution is 2.28. The van der Waals surface area contributed by atoms with E-state index in [4.69, 9.17) is 18.9 Å². The first-order valence-corrected chi connectivity index (χ1v) is 9.50. The Bertz CT molecular complexity index is 1180.